The number of nitrogens with one attached hydrogen (secondary N) is 1. The smallest absolute Gasteiger partial charge is 0.123 e. The van der Waals surface area contributed by atoms with Crippen LogP contribution in [0.15, 0.2) is 18.2 Å². The summed E-state index contributed by atoms with van der Waals surface area (Å²) < 4.78 is 13.2. The van der Waals surface area contributed by atoms with E-state index in [-0.39, 0.29) is 11.9 Å². The molecule has 1 atom stereocenters. The molecule has 1 aromatic carbocycles. The number of rotatable bonds is 5. The molecule has 1 rings (SSSR count). The quantitative estimate of drug-likeness (QED) is 0.857. The highest BCUT2D eigenvalue weighted by Crippen LogP contribution is 2.24. The first kappa shape index (κ1) is 13.4. The van der Waals surface area contributed by atoms with E-state index in [9.17, 15) is 4.39 Å². The Labute approximate surface area is 101 Å². The molecule has 1 aromatic rings. The van der Waals surface area contributed by atoms with Crippen LogP contribution in [-0.4, -0.2) is 32.1 Å². The number of hydrogen-bond donors (Lipinski definition) is 1. The fourth-order valence-corrected chi connectivity index (χ4v) is 1.92. The second kappa shape index (κ2) is 6.18. The van der Waals surface area contributed by atoms with Gasteiger partial charge in [0.2, 0.25) is 0 Å². The minimum atomic E-state index is -0.249. The highest BCUT2D eigenvalue weighted by Gasteiger charge is 2.15. The van der Waals surface area contributed by atoms with Crippen LogP contribution in [0, 0.1) is 5.82 Å². The number of nitrogens with zero attached hydrogens (tertiary/aromatic N) is 1. The molecule has 0 aliphatic heterocycles. The van der Waals surface area contributed by atoms with Crippen LogP contribution in [0.4, 0.5) is 4.39 Å². The Bertz CT molecular complexity index is 342. The summed E-state index contributed by atoms with van der Waals surface area (Å²) in [7, 11) is 3.97. The Morgan fingerprint density at radius 2 is 2.12 bits per heavy atom. The third kappa shape index (κ3) is 3.74. The summed E-state index contributed by atoms with van der Waals surface area (Å²) in [6.07, 6.45) is 0. The predicted molar refractivity (Wildman–Crippen MR) is 66.4 cm³/mol. The molecule has 0 aliphatic carbocycles. The van der Waals surface area contributed by atoms with Crippen molar-refractivity contribution in [1.82, 2.24) is 10.2 Å². The Morgan fingerprint density at radius 3 is 2.69 bits per heavy atom. The van der Waals surface area contributed by atoms with Gasteiger partial charge in [0, 0.05) is 17.6 Å². The van der Waals surface area contributed by atoms with E-state index >= 15 is 0 Å². The maximum absolute atomic E-state index is 13.2. The van der Waals surface area contributed by atoms with Gasteiger partial charge in [-0.3, -0.25) is 0 Å². The Morgan fingerprint density at radius 1 is 1.44 bits per heavy atom. The number of halogens is 2. The molecule has 0 radical (unpaired) electrons. The second-order valence-electron chi connectivity index (χ2n) is 4.04. The predicted octanol–water partition coefficient (Wildman–Crippen LogP) is 2.69. The van der Waals surface area contributed by atoms with E-state index in [1.165, 1.54) is 12.1 Å². The van der Waals surface area contributed by atoms with Gasteiger partial charge >= 0.3 is 0 Å². The number of likely N-dealkylation sites (N-methyl/N-ethyl adjacent to an activating group) is 2. The lowest BCUT2D eigenvalue weighted by Crippen LogP contribution is -2.31. The lowest BCUT2D eigenvalue weighted by Gasteiger charge is -2.23. The van der Waals surface area contributed by atoms with Gasteiger partial charge in [-0.15, -0.1) is 0 Å². The Kier molecular flexibility index (Phi) is 5.19. The standard InChI is InChI=1S/C12H18ClFN2/c1-4-15-12(8-16(2)3)10-7-9(14)5-6-11(10)13/h5-7,12,15H,4,8H2,1-3H3. The maximum atomic E-state index is 13.2. The molecule has 1 unspecified atom stereocenters. The average Bonchev–Trinajstić information content (AvgIpc) is 2.20. The van der Waals surface area contributed by atoms with E-state index in [2.05, 4.69) is 10.2 Å². The molecular weight excluding hydrogens is 227 g/mol. The molecule has 0 bridgehead atoms. The van der Waals surface area contributed by atoms with Crippen molar-refractivity contribution < 1.29 is 4.39 Å². The monoisotopic (exact) mass is 244 g/mol. The summed E-state index contributed by atoms with van der Waals surface area (Å²) in [5.41, 5.74) is 0.817. The molecule has 0 heterocycles. The Hall–Kier alpha value is -0.640. The van der Waals surface area contributed by atoms with Crippen LogP contribution in [0.2, 0.25) is 5.02 Å². The van der Waals surface area contributed by atoms with Crippen LogP contribution in [-0.2, 0) is 0 Å². The van der Waals surface area contributed by atoms with Crippen molar-refractivity contribution >= 4 is 11.6 Å². The topological polar surface area (TPSA) is 15.3 Å². The zero-order chi connectivity index (χ0) is 12.1. The van der Waals surface area contributed by atoms with Crippen LogP contribution >= 0.6 is 11.6 Å². The molecular formula is C12H18ClFN2. The third-order valence-electron chi connectivity index (χ3n) is 2.33. The van der Waals surface area contributed by atoms with Gasteiger partial charge in [0.05, 0.1) is 0 Å². The summed E-state index contributed by atoms with van der Waals surface area (Å²) >= 11 is 6.08. The van der Waals surface area contributed by atoms with Gasteiger partial charge in [-0.2, -0.15) is 0 Å². The molecule has 0 saturated carbocycles. The third-order valence-corrected chi connectivity index (χ3v) is 2.68. The van der Waals surface area contributed by atoms with Gasteiger partial charge in [0.15, 0.2) is 0 Å². The van der Waals surface area contributed by atoms with Gasteiger partial charge < -0.3 is 10.2 Å². The molecule has 16 heavy (non-hydrogen) atoms. The highest BCUT2D eigenvalue weighted by molar-refractivity contribution is 6.31. The maximum Gasteiger partial charge on any atom is 0.123 e. The summed E-state index contributed by atoms with van der Waals surface area (Å²) in [4.78, 5) is 2.05. The minimum Gasteiger partial charge on any atom is -0.309 e. The van der Waals surface area contributed by atoms with E-state index in [1.807, 2.05) is 21.0 Å². The van der Waals surface area contributed by atoms with Crippen LogP contribution in [0.5, 0.6) is 0 Å². The van der Waals surface area contributed by atoms with Gasteiger partial charge in [0.1, 0.15) is 5.82 Å². The van der Waals surface area contributed by atoms with Crippen molar-refractivity contribution in [2.75, 3.05) is 27.2 Å². The Balaban J connectivity index is 2.94. The van der Waals surface area contributed by atoms with Gasteiger partial charge in [0.25, 0.3) is 0 Å². The molecule has 1 N–H and O–H groups in total. The molecule has 0 saturated heterocycles. The van der Waals surface area contributed by atoms with Crippen molar-refractivity contribution in [1.29, 1.82) is 0 Å². The molecule has 0 amide bonds. The van der Waals surface area contributed by atoms with Gasteiger partial charge in [-0.05, 0) is 44.4 Å². The summed E-state index contributed by atoms with van der Waals surface area (Å²) in [5.74, 6) is -0.249. The molecule has 0 fully saturated rings. The van der Waals surface area contributed by atoms with Crippen molar-refractivity contribution in [2.24, 2.45) is 0 Å². The van der Waals surface area contributed by atoms with Crippen LogP contribution in [0.3, 0.4) is 0 Å². The van der Waals surface area contributed by atoms with E-state index in [1.54, 1.807) is 6.07 Å². The average molecular weight is 245 g/mol. The molecule has 4 heteroatoms. The second-order valence-corrected chi connectivity index (χ2v) is 4.45. The zero-order valence-corrected chi connectivity index (χ0v) is 10.7. The fraction of sp³-hybridized carbons (Fsp3) is 0.500. The van der Waals surface area contributed by atoms with Crippen LogP contribution < -0.4 is 5.32 Å². The first-order valence-corrected chi connectivity index (χ1v) is 5.75. The van der Waals surface area contributed by atoms with Crippen molar-refractivity contribution in [2.45, 2.75) is 13.0 Å². The molecule has 2 nitrogen and oxygen atoms in total. The largest absolute Gasteiger partial charge is 0.309 e. The highest BCUT2D eigenvalue weighted by atomic mass is 35.5. The van der Waals surface area contributed by atoms with Crippen LogP contribution in [0.1, 0.15) is 18.5 Å². The summed E-state index contributed by atoms with van der Waals surface area (Å²) in [6.45, 7) is 3.64. The van der Waals surface area contributed by atoms with E-state index in [0.717, 1.165) is 18.7 Å². The van der Waals surface area contributed by atoms with Gasteiger partial charge in [-0.25, -0.2) is 4.39 Å². The van der Waals surface area contributed by atoms with E-state index < -0.39 is 0 Å². The first-order valence-electron chi connectivity index (χ1n) is 5.37. The lowest BCUT2D eigenvalue weighted by atomic mass is 10.1. The van der Waals surface area contributed by atoms with E-state index in [4.69, 9.17) is 11.6 Å². The first-order chi connectivity index (χ1) is 7.54. The SMILES string of the molecule is CCNC(CN(C)C)c1cc(F)ccc1Cl. The molecule has 90 valence electrons. The van der Waals surface area contributed by atoms with Crippen molar-refractivity contribution in [3.8, 4) is 0 Å². The summed E-state index contributed by atoms with van der Waals surface area (Å²) in [6, 6.07) is 4.54. The fourth-order valence-electron chi connectivity index (χ4n) is 1.67. The lowest BCUT2D eigenvalue weighted by molar-refractivity contribution is 0.344. The van der Waals surface area contributed by atoms with Crippen molar-refractivity contribution in [3.05, 3.63) is 34.6 Å². The van der Waals surface area contributed by atoms with Crippen LogP contribution in [0.25, 0.3) is 0 Å². The molecule has 0 aromatic heterocycles. The summed E-state index contributed by atoms with van der Waals surface area (Å²) in [5, 5.41) is 3.91. The van der Waals surface area contributed by atoms with Crippen molar-refractivity contribution in [3.63, 3.8) is 0 Å². The molecule has 0 spiro atoms. The van der Waals surface area contributed by atoms with E-state index in [0.29, 0.717) is 5.02 Å². The number of hydrogen-bond acceptors (Lipinski definition) is 2. The van der Waals surface area contributed by atoms with Gasteiger partial charge in [-0.1, -0.05) is 18.5 Å². The number of benzene rings is 1. The minimum absolute atomic E-state index is 0.0585. The normalized spacial score (nSPS) is 13.1. The zero-order valence-electron chi connectivity index (χ0n) is 9.93. The molecule has 0 aliphatic rings.